The van der Waals surface area contributed by atoms with Crippen LogP contribution in [0.15, 0.2) is 17.5 Å². The second-order valence-electron chi connectivity index (χ2n) is 5.88. The van der Waals surface area contributed by atoms with Gasteiger partial charge in [0.25, 0.3) is 0 Å². The average Bonchev–Trinajstić information content (AvgIpc) is 2.99. The summed E-state index contributed by atoms with van der Waals surface area (Å²) in [5.74, 6) is -0.448. The zero-order valence-corrected chi connectivity index (χ0v) is 12.6. The number of nitrogens with two attached hydrogens (primary N) is 1. The Labute approximate surface area is 123 Å². The van der Waals surface area contributed by atoms with Gasteiger partial charge in [-0.1, -0.05) is 6.07 Å². The molecule has 20 heavy (non-hydrogen) atoms. The van der Waals surface area contributed by atoms with Crippen LogP contribution in [-0.2, 0) is 9.53 Å². The smallest absolute Gasteiger partial charge is 0.315 e. The van der Waals surface area contributed by atoms with Crippen molar-refractivity contribution in [3.63, 3.8) is 0 Å². The van der Waals surface area contributed by atoms with E-state index in [1.54, 1.807) is 11.3 Å². The van der Waals surface area contributed by atoms with Gasteiger partial charge >= 0.3 is 5.97 Å². The minimum Gasteiger partial charge on any atom is -0.462 e. The molecule has 2 saturated heterocycles. The molecule has 2 bridgehead atoms. The number of ether oxygens (including phenoxy) is 1. The topological polar surface area (TPSA) is 55.6 Å². The Bertz CT molecular complexity index is 448. The van der Waals surface area contributed by atoms with E-state index in [1.165, 1.54) is 12.8 Å². The standard InChI is InChI=1S/C15H22N2O2S/c1-17-10-4-5-11(17)8-12(7-10)19-15(18)13(9-16)14-3-2-6-20-14/h2-3,6,10-13H,4-5,7-9,16H2,1H3. The normalized spacial score (nSPS) is 31.2. The number of carbonyl (C=O) groups is 1. The van der Waals surface area contributed by atoms with Crippen LogP contribution in [0.25, 0.3) is 0 Å². The van der Waals surface area contributed by atoms with Crippen molar-refractivity contribution >= 4 is 17.3 Å². The van der Waals surface area contributed by atoms with Gasteiger partial charge in [0, 0.05) is 23.5 Å². The van der Waals surface area contributed by atoms with Gasteiger partial charge in [0.1, 0.15) is 12.0 Å². The van der Waals surface area contributed by atoms with Gasteiger partial charge < -0.3 is 15.4 Å². The first-order valence-electron chi connectivity index (χ1n) is 7.35. The van der Waals surface area contributed by atoms with Crippen LogP contribution in [0.5, 0.6) is 0 Å². The maximum absolute atomic E-state index is 12.3. The lowest BCUT2D eigenvalue weighted by Crippen LogP contribution is -2.44. The second-order valence-corrected chi connectivity index (χ2v) is 6.86. The molecule has 1 aromatic rings. The third kappa shape index (κ3) is 2.62. The maximum Gasteiger partial charge on any atom is 0.315 e. The van der Waals surface area contributed by atoms with Crippen LogP contribution in [0, 0.1) is 0 Å². The number of fused-ring (bicyclic) bond motifs is 2. The van der Waals surface area contributed by atoms with Gasteiger partial charge in [-0.3, -0.25) is 4.79 Å². The summed E-state index contributed by atoms with van der Waals surface area (Å²) in [5, 5.41) is 1.97. The van der Waals surface area contributed by atoms with Crippen LogP contribution < -0.4 is 5.73 Å². The Kier molecular flexibility index (Phi) is 4.10. The van der Waals surface area contributed by atoms with Gasteiger partial charge in [0.2, 0.25) is 0 Å². The number of carbonyl (C=O) groups excluding carboxylic acids is 1. The lowest BCUT2D eigenvalue weighted by molar-refractivity contribution is -0.153. The van der Waals surface area contributed by atoms with E-state index in [9.17, 15) is 4.79 Å². The van der Waals surface area contributed by atoms with Crippen LogP contribution in [-0.4, -0.2) is 42.6 Å². The highest BCUT2D eigenvalue weighted by molar-refractivity contribution is 7.10. The number of thiophene rings is 1. The lowest BCUT2D eigenvalue weighted by atomic mass is 10.00. The van der Waals surface area contributed by atoms with Crippen LogP contribution in [0.4, 0.5) is 0 Å². The molecular weight excluding hydrogens is 272 g/mol. The van der Waals surface area contributed by atoms with Crippen molar-refractivity contribution in [2.45, 2.75) is 49.8 Å². The van der Waals surface area contributed by atoms with E-state index in [2.05, 4.69) is 11.9 Å². The molecule has 3 atom stereocenters. The van der Waals surface area contributed by atoms with E-state index >= 15 is 0 Å². The first-order valence-corrected chi connectivity index (χ1v) is 8.23. The average molecular weight is 294 g/mol. The summed E-state index contributed by atoms with van der Waals surface area (Å²) in [6.07, 6.45) is 4.49. The first kappa shape index (κ1) is 14.0. The fourth-order valence-electron chi connectivity index (χ4n) is 3.52. The molecule has 2 fully saturated rings. The molecule has 0 radical (unpaired) electrons. The van der Waals surface area contributed by atoms with E-state index in [0.717, 1.165) is 17.7 Å². The lowest BCUT2D eigenvalue weighted by Gasteiger charge is -2.36. The fourth-order valence-corrected chi connectivity index (χ4v) is 4.35. The van der Waals surface area contributed by atoms with Crippen LogP contribution >= 0.6 is 11.3 Å². The van der Waals surface area contributed by atoms with Crippen molar-refractivity contribution in [2.24, 2.45) is 5.73 Å². The Hall–Kier alpha value is -0.910. The number of esters is 1. The molecule has 0 saturated carbocycles. The minimum absolute atomic E-state index is 0.0743. The molecule has 2 N–H and O–H groups in total. The second kappa shape index (κ2) is 5.84. The van der Waals surface area contributed by atoms with Crippen molar-refractivity contribution in [1.29, 1.82) is 0 Å². The van der Waals surface area contributed by atoms with Gasteiger partial charge in [0.15, 0.2) is 0 Å². The van der Waals surface area contributed by atoms with E-state index < -0.39 is 0 Å². The fraction of sp³-hybridized carbons (Fsp3) is 0.667. The van der Waals surface area contributed by atoms with Crippen molar-refractivity contribution in [3.05, 3.63) is 22.4 Å². The molecule has 0 amide bonds. The van der Waals surface area contributed by atoms with Gasteiger partial charge in [-0.25, -0.2) is 0 Å². The maximum atomic E-state index is 12.3. The quantitative estimate of drug-likeness (QED) is 0.863. The van der Waals surface area contributed by atoms with Crippen LogP contribution in [0.1, 0.15) is 36.5 Å². The number of nitrogens with zero attached hydrogens (tertiary/aromatic N) is 1. The first-order chi connectivity index (χ1) is 9.69. The molecule has 0 spiro atoms. The van der Waals surface area contributed by atoms with Crippen molar-refractivity contribution in [3.8, 4) is 0 Å². The Morgan fingerprint density at radius 1 is 1.50 bits per heavy atom. The van der Waals surface area contributed by atoms with E-state index in [-0.39, 0.29) is 18.0 Å². The molecule has 3 unspecified atom stereocenters. The van der Waals surface area contributed by atoms with Gasteiger partial charge in [-0.05, 0) is 44.2 Å². The molecule has 4 nitrogen and oxygen atoms in total. The molecule has 0 aliphatic carbocycles. The number of piperidine rings is 1. The number of hydrogen-bond donors (Lipinski definition) is 1. The van der Waals surface area contributed by atoms with Crippen LogP contribution in [0.3, 0.4) is 0 Å². The van der Waals surface area contributed by atoms with E-state index in [1.807, 2.05) is 17.5 Å². The molecule has 3 heterocycles. The van der Waals surface area contributed by atoms with Crippen molar-refractivity contribution in [2.75, 3.05) is 13.6 Å². The van der Waals surface area contributed by atoms with Crippen molar-refractivity contribution < 1.29 is 9.53 Å². The molecule has 110 valence electrons. The highest BCUT2D eigenvalue weighted by Gasteiger charge is 2.40. The third-order valence-corrected chi connectivity index (χ3v) is 5.73. The highest BCUT2D eigenvalue weighted by atomic mass is 32.1. The Balaban J connectivity index is 1.62. The molecule has 1 aromatic heterocycles. The molecule has 2 aliphatic rings. The largest absolute Gasteiger partial charge is 0.462 e. The predicted octanol–water partition coefficient (Wildman–Crippen LogP) is 1.96. The monoisotopic (exact) mass is 294 g/mol. The molecule has 5 heteroatoms. The highest BCUT2D eigenvalue weighted by Crippen LogP contribution is 2.36. The molecule has 0 aromatic carbocycles. The molecule has 2 aliphatic heterocycles. The third-order valence-electron chi connectivity index (χ3n) is 4.74. The van der Waals surface area contributed by atoms with Gasteiger partial charge in [-0.2, -0.15) is 0 Å². The summed E-state index contributed by atoms with van der Waals surface area (Å²) >= 11 is 1.57. The summed E-state index contributed by atoms with van der Waals surface area (Å²) in [6.45, 7) is 0.318. The van der Waals surface area contributed by atoms with Gasteiger partial charge in [-0.15, -0.1) is 11.3 Å². The summed E-state index contributed by atoms with van der Waals surface area (Å²) < 4.78 is 5.76. The number of hydrogen-bond acceptors (Lipinski definition) is 5. The molecule has 3 rings (SSSR count). The van der Waals surface area contributed by atoms with Gasteiger partial charge in [0.05, 0.1) is 0 Å². The minimum atomic E-state index is -0.299. The SMILES string of the molecule is CN1C2CCC1CC(OC(=O)C(CN)c1cccs1)C2. The predicted molar refractivity (Wildman–Crippen MR) is 79.8 cm³/mol. The summed E-state index contributed by atoms with van der Waals surface area (Å²) in [6, 6.07) is 5.09. The zero-order valence-electron chi connectivity index (χ0n) is 11.8. The number of rotatable bonds is 4. The summed E-state index contributed by atoms with van der Waals surface area (Å²) in [7, 11) is 2.19. The summed E-state index contributed by atoms with van der Waals surface area (Å²) in [5.41, 5.74) is 5.76. The Morgan fingerprint density at radius 3 is 2.75 bits per heavy atom. The van der Waals surface area contributed by atoms with Crippen molar-refractivity contribution in [1.82, 2.24) is 4.90 Å². The van der Waals surface area contributed by atoms with Crippen LogP contribution in [0.2, 0.25) is 0 Å². The Morgan fingerprint density at radius 2 is 2.20 bits per heavy atom. The van der Waals surface area contributed by atoms with E-state index in [0.29, 0.717) is 18.6 Å². The molecular formula is C15H22N2O2S. The van der Waals surface area contributed by atoms with E-state index in [4.69, 9.17) is 10.5 Å². The summed E-state index contributed by atoms with van der Waals surface area (Å²) in [4.78, 5) is 15.8. The zero-order chi connectivity index (χ0) is 14.1.